The fourth-order valence-electron chi connectivity index (χ4n) is 3.63. The zero-order valence-electron chi connectivity index (χ0n) is 15.8. The van der Waals surface area contributed by atoms with E-state index in [0.717, 1.165) is 22.7 Å². The second kappa shape index (κ2) is 8.80. The van der Waals surface area contributed by atoms with Crippen molar-refractivity contribution < 1.29 is 9.59 Å². The van der Waals surface area contributed by atoms with Gasteiger partial charge in [-0.15, -0.1) is 11.8 Å². The molecule has 0 saturated carbocycles. The van der Waals surface area contributed by atoms with Gasteiger partial charge in [-0.2, -0.15) is 0 Å². The molecule has 1 fully saturated rings. The van der Waals surface area contributed by atoms with E-state index >= 15 is 0 Å². The van der Waals surface area contributed by atoms with Crippen molar-refractivity contribution in [2.45, 2.75) is 42.5 Å². The van der Waals surface area contributed by atoms with Crippen molar-refractivity contribution in [1.82, 2.24) is 10.2 Å². The van der Waals surface area contributed by atoms with Gasteiger partial charge in [-0.05, 0) is 49.2 Å². The summed E-state index contributed by atoms with van der Waals surface area (Å²) < 4.78 is 0. The second-order valence-electron chi connectivity index (χ2n) is 7.37. The quantitative estimate of drug-likeness (QED) is 0.787. The Bertz CT molecular complexity index is 847. The predicted molar refractivity (Wildman–Crippen MR) is 112 cm³/mol. The molecule has 6 heteroatoms. The van der Waals surface area contributed by atoms with Crippen molar-refractivity contribution in [3.8, 4) is 0 Å². The highest BCUT2D eigenvalue weighted by Gasteiger charge is 2.28. The number of amides is 2. The summed E-state index contributed by atoms with van der Waals surface area (Å²) in [6.07, 6.45) is 2.78. The topological polar surface area (TPSA) is 61.4 Å². The summed E-state index contributed by atoms with van der Waals surface area (Å²) in [4.78, 5) is 28.0. The van der Waals surface area contributed by atoms with E-state index in [1.54, 1.807) is 0 Å². The summed E-state index contributed by atoms with van der Waals surface area (Å²) in [5.74, 6) is -0.210. The van der Waals surface area contributed by atoms with Gasteiger partial charge in [0.1, 0.15) is 0 Å². The summed E-state index contributed by atoms with van der Waals surface area (Å²) in [6, 6.07) is 16.1. The van der Waals surface area contributed by atoms with Crippen LogP contribution in [-0.4, -0.2) is 35.1 Å². The fraction of sp³-hybridized carbons (Fsp3) is 0.364. The normalized spacial score (nSPS) is 19.1. The number of carbonyl (C=O) groups excluding carboxylic acids is 2. The van der Waals surface area contributed by atoms with E-state index in [0.29, 0.717) is 6.54 Å². The highest BCUT2D eigenvalue weighted by Crippen LogP contribution is 2.36. The molecule has 0 radical (unpaired) electrons. The van der Waals surface area contributed by atoms with Crippen LogP contribution < -0.4 is 10.6 Å². The molecule has 28 heavy (non-hydrogen) atoms. The SMILES string of the molecule is O=C(C[C@H]1Sc2ccccc2NC1=O)NCc1ccc(CN2CCCC2)cc1. The molecular weight excluding hydrogens is 370 g/mol. The van der Waals surface area contributed by atoms with Gasteiger partial charge in [0.2, 0.25) is 11.8 Å². The van der Waals surface area contributed by atoms with Crippen molar-refractivity contribution >= 4 is 29.3 Å². The van der Waals surface area contributed by atoms with Gasteiger partial charge in [-0.25, -0.2) is 0 Å². The number of rotatable bonds is 6. The lowest BCUT2D eigenvalue weighted by Gasteiger charge is -2.23. The van der Waals surface area contributed by atoms with Gasteiger partial charge in [0.25, 0.3) is 0 Å². The van der Waals surface area contributed by atoms with Crippen molar-refractivity contribution in [1.29, 1.82) is 0 Å². The highest BCUT2D eigenvalue weighted by atomic mass is 32.2. The molecule has 4 rings (SSSR count). The minimum absolute atomic E-state index is 0.104. The number of carbonyl (C=O) groups is 2. The molecule has 2 amide bonds. The molecule has 146 valence electrons. The van der Waals surface area contributed by atoms with Crippen LogP contribution in [0.2, 0.25) is 0 Å². The maximum atomic E-state index is 12.3. The highest BCUT2D eigenvalue weighted by molar-refractivity contribution is 8.01. The molecule has 2 aromatic rings. The number of nitrogens with zero attached hydrogens (tertiary/aromatic N) is 1. The first-order valence-corrected chi connectivity index (χ1v) is 10.7. The van der Waals surface area contributed by atoms with Gasteiger partial charge in [0.15, 0.2) is 0 Å². The minimum Gasteiger partial charge on any atom is -0.352 e. The van der Waals surface area contributed by atoms with Crippen LogP contribution in [0.1, 0.15) is 30.4 Å². The van der Waals surface area contributed by atoms with E-state index in [4.69, 9.17) is 0 Å². The average molecular weight is 396 g/mol. The Morgan fingerprint density at radius 1 is 1.07 bits per heavy atom. The van der Waals surface area contributed by atoms with Crippen LogP contribution in [0.25, 0.3) is 0 Å². The van der Waals surface area contributed by atoms with Crippen LogP contribution in [0.4, 0.5) is 5.69 Å². The number of benzene rings is 2. The molecule has 5 nitrogen and oxygen atoms in total. The maximum absolute atomic E-state index is 12.3. The number of hydrogen-bond acceptors (Lipinski definition) is 4. The lowest BCUT2D eigenvalue weighted by molar-refractivity contribution is -0.124. The number of anilines is 1. The maximum Gasteiger partial charge on any atom is 0.238 e. The summed E-state index contributed by atoms with van der Waals surface area (Å²) in [5, 5.41) is 5.43. The summed E-state index contributed by atoms with van der Waals surface area (Å²) >= 11 is 1.45. The first-order valence-electron chi connectivity index (χ1n) is 9.81. The summed E-state index contributed by atoms with van der Waals surface area (Å²) in [7, 11) is 0. The molecule has 0 unspecified atom stereocenters. The molecule has 2 aliphatic rings. The standard InChI is InChI=1S/C22H25N3O2S/c26-21(13-20-22(27)24-18-5-1-2-6-19(18)28-20)23-14-16-7-9-17(10-8-16)15-25-11-3-4-12-25/h1-2,5-10,20H,3-4,11-15H2,(H,23,26)(H,24,27)/t20-/m1/s1. The van der Waals surface area contributed by atoms with Crippen LogP contribution in [-0.2, 0) is 22.7 Å². The average Bonchev–Trinajstić information content (AvgIpc) is 3.21. The predicted octanol–water partition coefficient (Wildman–Crippen LogP) is 3.40. The van der Waals surface area contributed by atoms with E-state index in [2.05, 4.69) is 39.8 Å². The lowest BCUT2D eigenvalue weighted by Crippen LogP contribution is -2.34. The Labute approximate surface area is 169 Å². The van der Waals surface area contributed by atoms with Crippen LogP contribution in [0.3, 0.4) is 0 Å². The molecule has 2 heterocycles. The molecule has 2 aromatic carbocycles. The van der Waals surface area contributed by atoms with Crippen LogP contribution in [0.15, 0.2) is 53.4 Å². The molecule has 2 N–H and O–H groups in total. The third kappa shape index (κ3) is 4.75. The summed E-state index contributed by atoms with van der Waals surface area (Å²) in [5.41, 5.74) is 3.21. The third-order valence-electron chi connectivity index (χ3n) is 5.19. The third-order valence-corrected chi connectivity index (χ3v) is 6.47. The van der Waals surface area contributed by atoms with E-state index in [1.807, 2.05) is 24.3 Å². The van der Waals surface area contributed by atoms with Gasteiger partial charge < -0.3 is 10.6 Å². The van der Waals surface area contributed by atoms with Gasteiger partial charge >= 0.3 is 0 Å². The lowest BCUT2D eigenvalue weighted by atomic mass is 10.1. The Kier molecular flexibility index (Phi) is 5.98. The van der Waals surface area contributed by atoms with Crippen molar-refractivity contribution in [2.75, 3.05) is 18.4 Å². The Morgan fingerprint density at radius 3 is 2.57 bits per heavy atom. The number of hydrogen-bond donors (Lipinski definition) is 2. The van der Waals surface area contributed by atoms with Crippen molar-refractivity contribution in [3.05, 3.63) is 59.7 Å². The first kappa shape index (κ1) is 19.0. The largest absolute Gasteiger partial charge is 0.352 e. The molecule has 0 spiro atoms. The number of fused-ring (bicyclic) bond motifs is 1. The molecule has 0 bridgehead atoms. The zero-order valence-corrected chi connectivity index (χ0v) is 16.6. The molecule has 1 saturated heterocycles. The van der Waals surface area contributed by atoms with E-state index in [9.17, 15) is 9.59 Å². The van der Waals surface area contributed by atoms with E-state index < -0.39 is 5.25 Å². The minimum atomic E-state index is -0.391. The Balaban J connectivity index is 1.26. The Hall–Kier alpha value is -2.31. The van der Waals surface area contributed by atoms with Crippen molar-refractivity contribution in [2.24, 2.45) is 0 Å². The Morgan fingerprint density at radius 2 is 1.79 bits per heavy atom. The van der Waals surface area contributed by atoms with Crippen LogP contribution in [0.5, 0.6) is 0 Å². The van der Waals surface area contributed by atoms with E-state index in [-0.39, 0.29) is 18.2 Å². The van der Waals surface area contributed by atoms with Gasteiger partial charge in [-0.3, -0.25) is 14.5 Å². The molecule has 0 aromatic heterocycles. The molecule has 2 aliphatic heterocycles. The second-order valence-corrected chi connectivity index (χ2v) is 8.62. The molecule has 0 aliphatic carbocycles. The van der Waals surface area contributed by atoms with Gasteiger partial charge in [0.05, 0.1) is 10.9 Å². The van der Waals surface area contributed by atoms with Crippen molar-refractivity contribution in [3.63, 3.8) is 0 Å². The fourth-order valence-corrected chi connectivity index (χ4v) is 4.74. The number of thioether (sulfide) groups is 1. The van der Waals surface area contributed by atoms with Gasteiger partial charge in [0, 0.05) is 24.4 Å². The smallest absolute Gasteiger partial charge is 0.238 e. The molecule has 1 atom stereocenters. The van der Waals surface area contributed by atoms with Crippen LogP contribution >= 0.6 is 11.8 Å². The van der Waals surface area contributed by atoms with Crippen LogP contribution in [0, 0.1) is 0 Å². The summed E-state index contributed by atoms with van der Waals surface area (Å²) in [6.45, 7) is 3.87. The van der Waals surface area contributed by atoms with E-state index in [1.165, 1.54) is 43.3 Å². The number of nitrogens with one attached hydrogen (secondary N) is 2. The number of likely N-dealkylation sites (tertiary alicyclic amines) is 1. The number of para-hydroxylation sites is 1. The monoisotopic (exact) mass is 395 g/mol. The zero-order chi connectivity index (χ0) is 19.3. The van der Waals surface area contributed by atoms with Gasteiger partial charge in [-0.1, -0.05) is 36.4 Å². The molecular formula is C22H25N3O2S. The first-order chi connectivity index (χ1) is 13.7.